The number of hydrogen-bond acceptors (Lipinski definition) is 4. The third kappa shape index (κ3) is 6.76. The zero-order valence-corrected chi connectivity index (χ0v) is 38.7. The Kier molecular flexibility index (Phi) is 9.24. The van der Waals surface area contributed by atoms with E-state index in [0.29, 0.717) is 0 Å². The Hall–Kier alpha value is -8.02. The molecule has 67 heavy (non-hydrogen) atoms. The van der Waals surface area contributed by atoms with Crippen molar-refractivity contribution in [1.29, 1.82) is 0 Å². The third-order valence-corrected chi connectivity index (χ3v) is 13.4. The van der Waals surface area contributed by atoms with Crippen LogP contribution in [0.15, 0.2) is 200 Å². The van der Waals surface area contributed by atoms with Crippen LogP contribution in [0, 0.1) is 0 Å². The van der Waals surface area contributed by atoms with Gasteiger partial charge < -0.3 is 23.8 Å². The zero-order chi connectivity index (χ0) is 45.6. The first-order chi connectivity index (χ1) is 32.5. The van der Waals surface area contributed by atoms with Gasteiger partial charge in [-0.25, -0.2) is 0 Å². The van der Waals surface area contributed by atoms with Crippen molar-refractivity contribution in [2.75, 3.05) is 9.80 Å². The molecule has 1 aromatic heterocycles. The van der Waals surface area contributed by atoms with Crippen molar-refractivity contribution in [3.8, 4) is 50.9 Å². The van der Waals surface area contributed by atoms with E-state index in [4.69, 9.17) is 9.47 Å². The highest BCUT2D eigenvalue weighted by molar-refractivity contribution is 6.18. The Morgan fingerprint density at radius 2 is 0.657 bits per heavy atom. The van der Waals surface area contributed by atoms with Gasteiger partial charge in [0.15, 0.2) is 23.0 Å². The first-order valence-electron chi connectivity index (χ1n) is 23.3. The van der Waals surface area contributed by atoms with Crippen LogP contribution in [0.4, 0.5) is 34.1 Å². The molecule has 0 amide bonds. The van der Waals surface area contributed by atoms with Crippen LogP contribution >= 0.6 is 0 Å². The second kappa shape index (κ2) is 15.3. The van der Waals surface area contributed by atoms with Crippen LogP contribution in [0.2, 0.25) is 0 Å². The number of ether oxygens (including phenoxy) is 2. The molecule has 12 rings (SSSR count). The van der Waals surface area contributed by atoms with Gasteiger partial charge in [0.25, 0.3) is 0 Å². The largest absolute Gasteiger partial charge is 0.453 e. The molecule has 9 aromatic carbocycles. The van der Waals surface area contributed by atoms with Gasteiger partial charge in [0.2, 0.25) is 0 Å². The molecule has 10 aromatic rings. The van der Waals surface area contributed by atoms with Gasteiger partial charge in [0, 0.05) is 39.0 Å². The van der Waals surface area contributed by atoms with Gasteiger partial charge in [-0.15, -0.1) is 0 Å². The van der Waals surface area contributed by atoms with Gasteiger partial charge in [0.05, 0.1) is 33.8 Å². The average Bonchev–Trinajstić information content (AvgIpc) is 3.69. The number of anilines is 6. The van der Waals surface area contributed by atoms with E-state index in [0.717, 1.165) is 73.9 Å². The molecule has 326 valence electrons. The molecule has 2 aliphatic heterocycles. The van der Waals surface area contributed by atoms with E-state index in [1.165, 1.54) is 44.1 Å². The molecule has 5 nitrogen and oxygen atoms in total. The molecule has 0 bridgehead atoms. The Morgan fingerprint density at radius 1 is 0.328 bits per heavy atom. The lowest BCUT2D eigenvalue weighted by Gasteiger charge is -2.32. The van der Waals surface area contributed by atoms with Crippen LogP contribution in [0.5, 0.6) is 23.0 Å². The van der Waals surface area contributed by atoms with E-state index >= 15 is 0 Å². The lowest BCUT2D eigenvalue weighted by Crippen LogP contribution is -2.15. The summed E-state index contributed by atoms with van der Waals surface area (Å²) in [7, 11) is 0. The molecule has 0 fully saturated rings. The maximum absolute atomic E-state index is 6.38. The van der Waals surface area contributed by atoms with Crippen LogP contribution in [0.25, 0.3) is 49.7 Å². The highest BCUT2D eigenvalue weighted by atomic mass is 16.5. The summed E-state index contributed by atoms with van der Waals surface area (Å²) >= 11 is 0. The van der Waals surface area contributed by atoms with E-state index in [-0.39, 0.29) is 10.8 Å². The van der Waals surface area contributed by atoms with Crippen molar-refractivity contribution in [3.05, 3.63) is 211 Å². The molecule has 0 N–H and O–H groups in total. The van der Waals surface area contributed by atoms with Crippen molar-refractivity contribution in [1.82, 2.24) is 4.57 Å². The van der Waals surface area contributed by atoms with E-state index in [1.54, 1.807) is 0 Å². The minimum absolute atomic E-state index is 0.109. The van der Waals surface area contributed by atoms with Crippen LogP contribution < -0.4 is 19.3 Å². The number of benzene rings is 9. The first kappa shape index (κ1) is 40.5. The Bertz CT molecular complexity index is 3230. The molecular formula is C62H51N3O2. The zero-order valence-electron chi connectivity index (χ0n) is 38.7. The lowest BCUT2D eigenvalue weighted by molar-refractivity contribution is 0.477. The lowest BCUT2D eigenvalue weighted by atomic mass is 9.82. The summed E-state index contributed by atoms with van der Waals surface area (Å²) in [6.07, 6.45) is 0. The Balaban J connectivity index is 1.09. The molecule has 0 radical (unpaired) electrons. The summed E-state index contributed by atoms with van der Waals surface area (Å²) in [5.41, 5.74) is 16.8. The number of nitrogens with zero attached hydrogens (tertiary/aromatic N) is 3. The maximum Gasteiger partial charge on any atom is 0.151 e. The summed E-state index contributed by atoms with van der Waals surface area (Å²) in [4.78, 5) is 4.62. The summed E-state index contributed by atoms with van der Waals surface area (Å²) in [6, 6.07) is 72.0. The van der Waals surface area contributed by atoms with Crippen molar-refractivity contribution in [3.63, 3.8) is 0 Å². The fourth-order valence-electron chi connectivity index (χ4n) is 9.96. The summed E-state index contributed by atoms with van der Waals surface area (Å²) in [5, 5.41) is 2.48. The molecule has 0 saturated heterocycles. The first-order valence-corrected chi connectivity index (χ1v) is 23.3. The monoisotopic (exact) mass is 869 g/mol. The third-order valence-electron chi connectivity index (χ3n) is 13.4. The van der Waals surface area contributed by atoms with Crippen LogP contribution in [0.3, 0.4) is 0 Å². The Morgan fingerprint density at radius 3 is 1.00 bits per heavy atom. The van der Waals surface area contributed by atoms with E-state index < -0.39 is 0 Å². The van der Waals surface area contributed by atoms with Gasteiger partial charge in [0.1, 0.15) is 0 Å². The number of hydrogen-bond donors (Lipinski definition) is 0. The van der Waals surface area contributed by atoms with Crippen LogP contribution in [0.1, 0.15) is 52.7 Å². The molecule has 0 spiro atoms. The standard InChI is InChI=1S/C62H51N3O2/c1-61(2,3)42-36-47(40-28-32-45(33-29-40)63-51-20-10-14-24-55(51)66-56-25-15-11-21-52(56)63)59-49(38-42)50-39-43(62(4,5)6)37-48(60(50)65(59)44-18-8-7-9-19-44)41-30-34-46(35-31-41)64-53-22-12-16-26-57(53)67-58-27-17-13-23-54(58)64/h7-39H,1-6H3. The van der Waals surface area contributed by atoms with Crippen LogP contribution in [-0.4, -0.2) is 4.57 Å². The van der Waals surface area contributed by atoms with Gasteiger partial charge in [-0.2, -0.15) is 0 Å². The Labute approximate surface area is 392 Å². The molecular weight excluding hydrogens is 819 g/mol. The predicted molar refractivity (Wildman–Crippen MR) is 279 cm³/mol. The molecule has 3 heterocycles. The average molecular weight is 870 g/mol. The van der Waals surface area contributed by atoms with Gasteiger partial charge in [-0.3, -0.25) is 0 Å². The normalized spacial score (nSPS) is 13.1. The second-order valence-corrected chi connectivity index (χ2v) is 19.9. The summed E-state index contributed by atoms with van der Waals surface area (Å²) in [6.45, 7) is 13.9. The van der Waals surface area contributed by atoms with Crippen molar-refractivity contribution in [2.45, 2.75) is 52.4 Å². The summed E-state index contributed by atoms with van der Waals surface area (Å²) < 4.78 is 15.3. The minimum Gasteiger partial charge on any atom is -0.453 e. The highest BCUT2D eigenvalue weighted by Crippen LogP contribution is 2.53. The number of para-hydroxylation sites is 9. The molecule has 0 atom stereocenters. The van der Waals surface area contributed by atoms with E-state index in [2.05, 4.69) is 208 Å². The number of fused-ring (bicyclic) bond motifs is 7. The van der Waals surface area contributed by atoms with E-state index in [1.807, 2.05) is 48.5 Å². The van der Waals surface area contributed by atoms with Crippen LogP contribution in [-0.2, 0) is 10.8 Å². The quantitative estimate of drug-likeness (QED) is 0.172. The van der Waals surface area contributed by atoms with Crippen molar-refractivity contribution in [2.24, 2.45) is 0 Å². The SMILES string of the molecule is CC(C)(C)c1cc(-c2ccc(N3c4ccccc4Oc4ccccc43)cc2)c2c(c1)c1cc(C(C)(C)C)cc(-c3ccc(N4c5ccccc5Oc5ccccc54)cc3)c1n2-c1ccccc1. The predicted octanol–water partition coefficient (Wildman–Crippen LogP) is 17.9. The fourth-order valence-corrected chi connectivity index (χ4v) is 9.96. The number of rotatable bonds is 5. The van der Waals surface area contributed by atoms with Gasteiger partial charge in [-0.1, -0.05) is 133 Å². The van der Waals surface area contributed by atoms with Crippen molar-refractivity contribution >= 4 is 55.9 Å². The second-order valence-electron chi connectivity index (χ2n) is 19.9. The smallest absolute Gasteiger partial charge is 0.151 e. The maximum atomic E-state index is 6.38. The topological polar surface area (TPSA) is 29.9 Å². The molecule has 0 aliphatic carbocycles. The minimum atomic E-state index is -0.109. The van der Waals surface area contributed by atoms with E-state index in [9.17, 15) is 0 Å². The highest BCUT2D eigenvalue weighted by Gasteiger charge is 2.30. The number of aromatic nitrogens is 1. The summed E-state index contributed by atoms with van der Waals surface area (Å²) in [5.74, 6) is 3.37. The molecule has 5 heteroatoms. The molecule has 0 unspecified atom stereocenters. The molecule has 0 saturated carbocycles. The molecule has 2 aliphatic rings. The van der Waals surface area contributed by atoms with Crippen molar-refractivity contribution < 1.29 is 9.47 Å². The van der Waals surface area contributed by atoms with Gasteiger partial charge >= 0.3 is 0 Å². The van der Waals surface area contributed by atoms with Gasteiger partial charge in [-0.05, 0) is 142 Å². The fraction of sp³-hybridized carbons (Fsp3) is 0.129.